The van der Waals surface area contributed by atoms with Crippen LogP contribution in [0.25, 0.3) is 0 Å². The van der Waals surface area contributed by atoms with Crippen molar-refractivity contribution in [1.29, 1.82) is 0 Å². The smallest absolute Gasteiger partial charge is 0.235 e. The average molecular weight is 415 g/mol. The molecule has 29 heavy (non-hydrogen) atoms. The van der Waals surface area contributed by atoms with Gasteiger partial charge in [0.25, 0.3) is 0 Å². The van der Waals surface area contributed by atoms with Crippen molar-refractivity contribution in [2.24, 2.45) is 0 Å². The van der Waals surface area contributed by atoms with E-state index in [9.17, 15) is 8.42 Å². The Labute approximate surface area is 174 Å². The van der Waals surface area contributed by atoms with Crippen LogP contribution in [0.1, 0.15) is 50.2 Å². The Morgan fingerprint density at radius 3 is 2.48 bits per heavy atom. The molecule has 1 atom stereocenters. The van der Waals surface area contributed by atoms with Crippen molar-refractivity contribution >= 4 is 21.4 Å². The quantitative estimate of drug-likeness (QED) is 0.743. The van der Waals surface area contributed by atoms with Crippen molar-refractivity contribution in [3.05, 3.63) is 53.6 Å². The van der Waals surface area contributed by atoms with Gasteiger partial charge in [0.05, 0.1) is 12.4 Å². The molecule has 1 N–H and O–H groups in total. The third kappa shape index (κ3) is 4.37. The zero-order valence-corrected chi connectivity index (χ0v) is 18.0. The van der Waals surface area contributed by atoms with Crippen LogP contribution in [0.15, 0.2) is 42.5 Å². The van der Waals surface area contributed by atoms with Gasteiger partial charge in [0, 0.05) is 24.0 Å². The minimum absolute atomic E-state index is 0.255. The largest absolute Gasteiger partial charge is 0.497 e. The fourth-order valence-electron chi connectivity index (χ4n) is 4.55. The van der Waals surface area contributed by atoms with Gasteiger partial charge < -0.3 is 9.64 Å². The summed E-state index contributed by atoms with van der Waals surface area (Å²) in [5.74, 6) is 0.860. The zero-order valence-electron chi connectivity index (χ0n) is 17.2. The van der Waals surface area contributed by atoms with E-state index in [1.807, 2.05) is 24.3 Å². The van der Waals surface area contributed by atoms with Crippen LogP contribution in [0.2, 0.25) is 0 Å². The lowest BCUT2D eigenvalue weighted by atomic mass is 10.0. The molecule has 0 saturated heterocycles. The normalized spacial score (nSPS) is 19.8. The molecule has 1 unspecified atom stereocenters. The minimum Gasteiger partial charge on any atom is -0.497 e. The van der Waals surface area contributed by atoms with Gasteiger partial charge >= 0.3 is 0 Å². The predicted octanol–water partition coefficient (Wildman–Crippen LogP) is 4.72. The Bertz CT molecular complexity index is 951. The van der Waals surface area contributed by atoms with Gasteiger partial charge in [-0.1, -0.05) is 31.4 Å². The Balaban J connectivity index is 1.49. The van der Waals surface area contributed by atoms with Crippen LogP contribution in [0.4, 0.5) is 11.4 Å². The zero-order chi connectivity index (χ0) is 20.4. The minimum atomic E-state index is -3.31. The van der Waals surface area contributed by atoms with Crippen molar-refractivity contribution in [3.8, 4) is 5.75 Å². The van der Waals surface area contributed by atoms with E-state index in [2.05, 4.69) is 34.7 Å². The van der Waals surface area contributed by atoms with Crippen LogP contribution in [-0.2, 0) is 23.0 Å². The third-order valence-corrected chi connectivity index (χ3v) is 8.07. The van der Waals surface area contributed by atoms with Gasteiger partial charge in [-0.3, -0.25) is 4.72 Å². The van der Waals surface area contributed by atoms with Gasteiger partial charge in [0.1, 0.15) is 5.75 Å². The van der Waals surface area contributed by atoms with Crippen molar-refractivity contribution in [3.63, 3.8) is 0 Å². The lowest BCUT2D eigenvalue weighted by Gasteiger charge is -2.25. The number of hydrogen-bond acceptors (Lipinski definition) is 4. The summed E-state index contributed by atoms with van der Waals surface area (Å²) in [5.41, 5.74) is 4.31. The van der Waals surface area contributed by atoms with E-state index in [0.29, 0.717) is 11.7 Å². The fourth-order valence-corrected chi connectivity index (χ4v) is 6.13. The highest BCUT2D eigenvalue weighted by atomic mass is 32.2. The van der Waals surface area contributed by atoms with E-state index in [4.69, 9.17) is 4.74 Å². The van der Waals surface area contributed by atoms with Gasteiger partial charge in [-0.15, -0.1) is 0 Å². The lowest BCUT2D eigenvalue weighted by Crippen LogP contribution is -2.29. The first-order valence-electron chi connectivity index (χ1n) is 10.5. The molecule has 1 saturated carbocycles. The van der Waals surface area contributed by atoms with Crippen molar-refractivity contribution in [2.75, 3.05) is 16.7 Å². The molecule has 1 aliphatic carbocycles. The van der Waals surface area contributed by atoms with Gasteiger partial charge in [-0.25, -0.2) is 8.42 Å². The molecular weight excluding hydrogens is 384 g/mol. The van der Waals surface area contributed by atoms with E-state index < -0.39 is 10.0 Å². The van der Waals surface area contributed by atoms with E-state index in [1.54, 1.807) is 7.11 Å². The molecule has 2 aromatic rings. The highest BCUT2D eigenvalue weighted by Crippen LogP contribution is 2.36. The SMILES string of the molecule is COc1ccc(CN2c3ccc(NS(=O)(=O)C4CCCCC4)cc3CC2C)cc1. The Morgan fingerprint density at radius 2 is 1.79 bits per heavy atom. The first kappa shape index (κ1) is 20.1. The van der Waals surface area contributed by atoms with E-state index >= 15 is 0 Å². The van der Waals surface area contributed by atoms with Crippen LogP contribution in [0.5, 0.6) is 5.75 Å². The summed E-state index contributed by atoms with van der Waals surface area (Å²) in [4.78, 5) is 2.39. The molecule has 0 amide bonds. The summed E-state index contributed by atoms with van der Waals surface area (Å²) in [6.07, 6.45) is 5.62. The molecule has 156 valence electrons. The third-order valence-electron chi connectivity index (χ3n) is 6.20. The Kier molecular flexibility index (Phi) is 5.72. The van der Waals surface area contributed by atoms with E-state index in [1.165, 1.54) is 16.8 Å². The first-order chi connectivity index (χ1) is 14.0. The Hall–Kier alpha value is -2.21. The number of anilines is 2. The molecule has 1 fully saturated rings. The molecular formula is C23H30N2O3S. The summed E-state index contributed by atoms with van der Waals surface area (Å²) in [6, 6.07) is 14.5. The molecule has 0 bridgehead atoms. The molecule has 6 heteroatoms. The summed E-state index contributed by atoms with van der Waals surface area (Å²) in [5, 5.41) is -0.255. The predicted molar refractivity (Wildman–Crippen MR) is 118 cm³/mol. The number of methoxy groups -OCH3 is 1. The Morgan fingerprint density at radius 1 is 1.07 bits per heavy atom. The van der Waals surface area contributed by atoms with Gasteiger partial charge in [0.15, 0.2) is 0 Å². The van der Waals surface area contributed by atoms with Crippen molar-refractivity contribution < 1.29 is 13.2 Å². The maximum absolute atomic E-state index is 12.7. The number of sulfonamides is 1. The second-order valence-corrected chi connectivity index (χ2v) is 10.2. The van der Waals surface area contributed by atoms with Gasteiger partial charge in [0.2, 0.25) is 10.0 Å². The maximum Gasteiger partial charge on any atom is 0.235 e. The topological polar surface area (TPSA) is 58.6 Å². The molecule has 4 rings (SSSR count). The highest BCUT2D eigenvalue weighted by molar-refractivity contribution is 7.93. The first-order valence-corrected chi connectivity index (χ1v) is 12.0. The van der Waals surface area contributed by atoms with E-state index in [-0.39, 0.29) is 5.25 Å². The molecule has 1 heterocycles. The summed E-state index contributed by atoms with van der Waals surface area (Å²) in [6.45, 7) is 3.04. The van der Waals surface area contributed by atoms with E-state index in [0.717, 1.165) is 50.8 Å². The standard InChI is InChI=1S/C23H30N2O3S/c1-17-14-19-15-20(24-29(26,27)22-6-4-3-5-7-22)10-13-23(19)25(17)16-18-8-11-21(28-2)12-9-18/h8-13,15,17,22,24H,3-7,14,16H2,1-2H3. The number of rotatable bonds is 6. The lowest BCUT2D eigenvalue weighted by molar-refractivity contribution is 0.414. The molecule has 2 aliphatic rings. The molecule has 0 spiro atoms. The number of hydrogen-bond donors (Lipinski definition) is 1. The van der Waals surface area contributed by atoms with Gasteiger partial charge in [-0.2, -0.15) is 0 Å². The van der Waals surface area contributed by atoms with Crippen LogP contribution in [-0.4, -0.2) is 26.8 Å². The number of nitrogens with zero attached hydrogens (tertiary/aromatic N) is 1. The fraction of sp³-hybridized carbons (Fsp3) is 0.478. The maximum atomic E-state index is 12.7. The second-order valence-electron chi connectivity index (χ2n) is 8.28. The monoisotopic (exact) mass is 414 g/mol. The number of nitrogens with one attached hydrogen (secondary N) is 1. The molecule has 2 aromatic carbocycles. The van der Waals surface area contributed by atoms with Crippen LogP contribution in [0, 0.1) is 0 Å². The number of fused-ring (bicyclic) bond motifs is 1. The number of benzene rings is 2. The molecule has 0 aromatic heterocycles. The van der Waals surface area contributed by atoms with Crippen molar-refractivity contribution in [1.82, 2.24) is 0 Å². The molecule has 1 aliphatic heterocycles. The number of ether oxygens (including phenoxy) is 1. The second kappa shape index (κ2) is 8.27. The molecule has 5 nitrogen and oxygen atoms in total. The van der Waals surface area contributed by atoms with Crippen LogP contribution in [0.3, 0.4) is 0 Å². The van der Waals surface area contributed by atoms with Crippen molar-refractivity contribution in [2.45, 2.75) is 63.3 Å². The molecule has 0 radical (unpaired) electrons. The average Bonchev–Trinajstić information content (AvgIpc) is 3.03. The summed E-state index contributed by atoms with van der Waals surface area (Å²) < 4.78 is 33.6. The summed E-state index contributed by atoms with van der Waals surface area (Å²) >= 11 is 0. The van der Waals surface area contributed by atoms with Gasteiger partial charge in [-0.05, 0) is 67.6 Å². The van der Waals surface area contributed by atoms with Crippen LogP contribution >= 0.6 is 0 Å². The van der Waals surface area contributed by atoms with Crippen LogP contribution < -0.4 is 14.4 Å². The highest BCUT2D eigenvalue weighted by Gasteiger charge is 2.29. The summed E-state index contributed by atoms with van der Waals surface area (Å²) in [7, 11) is -1.64.